The quantitative estimate of drug-likeness (QED) is 0.272. The van der Waals surface area contributed by atoms with Gasteiger partial charge in [0.1, 0.15) is 11.5 Å². The van der Waals surface area contributed by atoms with Crippen LogP contribution in [0.15, 0.2) is 54.1 Å². The molecule has 1 aromatic heterocycles. The zero-order valence-electron chi connectivity index (χ0n) is 20.0. The molecule has 7 heteroatoms. The lowest BCUT2D eigenvalue weighted by molar-refractivity contribution is -0.132. The van der Waals surface area contributed by atoms with E-state index in [2.05, 4.69) is 18.8 Å². The molecule has 1 fully saturated rings. The zero-order chi connectivity index (χ0) is 24.6. The molecule has 3 aromatic rings. The number of hydrogen-bond donors (Lipinski definition) is 1. The second kappa shape index (κ2) is 9.43. The average Bonchev–Trinajstić information content (AvgIpc) is 3.29. The van der Waals surface area contributed by atoms with Gasteiger partial charge in [0.05, 0.1) is 23.9 Å². The summed E-state index contributed by atoms with van der Waals surface area (Å²) in [5, 5.41) is 11.7. The number of aliphatic hydroxyl groups excluding tert-OH is 1. The smallest absolute Gasteiger partial charge is 0.301 e. The summed E-state index contributed by atoms with van der Waals surface area (Å²) in [4.78, 5) is 33.4. The second-order valence-electron chi connectivity index (χ2n) is 8.59. The predicted octanol–water partition coefficient (Wildman–Crippen LogP) is 5.91. The van der Waals surface area contributed by atoms with Crippen LogP contribution in [0.1, 0.15) is 60.0 Å². The van der Waals surface area contributed by atoms with Crippen LogP contribution in [0, 0.1) is 13.8 Å². The molecule has 34 heavy (non-hydrogen) atoms. The number of hydrogen-bond acceptors (Lipinski definition) is 6. The number of amides is 1. The van der Waals surface area contributed by atoms with Gasteiger partial charge in [-0.3, -0.25) is 14.5 Å². The number of aliphatic hydroxyl groups is 1. The van der Waals surface area contributed by atoms with E-state index in [0.717, 1.165) is 21.7 Å². The SMILES string of the molecule is CCOc1ccc(/C(O)=C2\C(=O)C(=O)N(c3nc(C)c(C)s3)C2c2ccc(C(C)C)cc2)cc1. The number of ether oxygens (including phenoxy) is 1. The molecule has 1 N–H and O–H groups in total. The molecule has 1 unspecified atom stereocenters. The summed E-state index contributed by atoms with van der Waals surface area (Å²) in [5.74, 6) is -0.636. The van der Waals surface area contributed by atoms with Gasteiger partial charge < -0.3 is 9.84 Å². The van der Waals surface area contributed by atoms with E-state index < -0.39 is 17.7 Å². The summed E-state index contributed by atoms with van der Waals surface area (Å²) in [6.07, 6.45) is 0. The molecule has 1 amide bonds. The van der Waals surface area contributed by atoms with Crippen molar-refractivity contribution in [3.05, 3.63) is 81.4 Å². The minimum Gasteiger partial charge on any atom is -0.507 e. The van der Waals surface area contributed by atoms with E-state index in [9.17, 15) is 14.7 Å². The summed E-state index contributed by atoms with van der Waals surface area (Å²) in [6.45, 7) is 10.4. The third-order valence-electron chi connectivity index (χ3n) is 6.03. The minimum absolute atomic E-state index is 0.0527. The molecule has 6 nitrogen and oxygen atoms in total. The van der Waals surface area contributed by atoms with Crippen molar-refractivity contribution in [2.24, 2.45) is 0 Å². The number of ketones is 1. The molecule has 176 valence electrons. The van der Waals surface area contributed by atoms with Gasteiger partial charge in [-0.15, -0.1) is 11.3 Å². The number of Topliss-reactive ketones (excluding diaryl/α,β-unsaturated/α-hetero) is 1. The Bertz CT molecular complexity index is 1240. The first kappa shape index (κ1) is 23.7. The Morgan fingerprint density at radius 2 is 1.74 bits per heavy atom. The highest BCUT2D eigenvalue weighted by molar-refractivity contribution is 7.16. The molecule has 0 aliphatic carbocycles. The van der Waals surface area contributed by atoms with E-state index in [1.807, 2.05) is 45.0 Å². The molecular weight excluding hydrogens is 448 g/mol. The summed E-state index contributed by atoms with van der Waals surface area (Å²) < 4.78 is 5.48. The highest BCUT2D eigenvalue weighted by Gasteiger charge is 2.48. The van der Waals surface area contributed by atoms with Crippen LogP contribution in [-0.4, -0.2) is 28.4 Å². The van der Waals surface area contributed by atoms with Gasteiger partial charge in [0, 0.05) is 10.4 Å². The third-order valence-corrected chi connectivity index (χ3v) is 7.10. The van der Waals surface area contributed by atoms with E-state index >= 15 is 0 Å². The van der Waals surface area contributed by atoms with Crippen LogP contribution in [0.5, 0.6) is 5.75 Å². The molecule has 0 radical (unpaired) electrons. The Kier molecular flexibility index (Phi) is 6.57. The van der Waals surface area contributed by atoms with Crippen molar-refractivity contribution in [1.82, 2.24) is 4.98 Å². The number of aromatic nitrogens is 1. The number of nitrogens with zero attached hydrogens (tertiary/aromatic N) is 2. The van der Waals surface area contributed by atoms with Crippen molar-refractivity contribution in [2.75, 3.05) is 11.5 Å². The van der Waals surface area contributed by atoms with Crippen LogP contribution in [0.3, 0.4) is 0 Å². The average molecular weight is 477 g/mol. The van der Waals surface area contributed by atoms with Crippen LogP contribution >= 0.6 is 11.3 Å². The fourth-order valence-corrected chi connectivity index (χ4v) is 4.93. The van der Waals surface area contributed by atoms with Gasteiger partial charge in [-0.1, -0.05) is 38.1 Å². The maximum absolute atomic E-state index is 13.3. The first-order valence-corrected chi connectivity index (χ1v) is 12.1. The fraction of sp³-hybridized carbons (Fsp3) is 0.296. The second-order valence-corrected chi connectivity index (χ2v) is 9.77. The molecule has 0 saturated carbocycles. The van der Waals surface area contributed by atoms with Crippen molar-refractivity contribution in [1.29, 1.82) is 0 Å². The lowest BCUT2D eigenvalue weighted by atomic mass is 9.93. The Hall–Kier alpha value is -3.45. The number of thiazole rings is 1. The van der Waals surface area contributed by atoms with E-state index in [1.54, 1.807) is 24.3 Å². The first-order chi connectivity index (χ1) is 16.2. The lowest BCUT2D eigenvalue weighted by Crippen LogP contribution is -2.29. The summed E-state index contributed by atoms with van der Waals surface area (Å²) in [7, 11) is 0. The molecule has 2 aromatic carbocycles. The zero-order valence-corrected chi connectivity index (χ0v) is 20.8. The number of carbonyl (C=O) groups is 2. The Morgan fingerprint density at radius 3 is 2.26 bits per heavy atom. The number of rotatable bonds is 6. The van der Waals surface area contributed by atoms with Crippen LogP contribution in [0.2, 0.25) is 0 Å². The van der Waals surface area contributed by atoms with Crippen molar-refractivity contribution in [3.63, 3.8) is 0 Å². The molecular formula is C27H28N2O4S. The van der Waals surface area contributed by atoms with Crippen molar-refractivity contribution in [2.45, 2.75) is 46.6 Å². The molecule has 1 aliphatic heterocycles. The molecule has 1 atom stereocenters. The van der Waals surface area contributed by atoms with E-state index in [1.165, 1.54) is 16.2 Å². The summed E-state index contributed by atoms with van der Waals surface area (Å²) in [6, 6.07) is 13.9. The third kappa shape index (κ3) is 4.23. The van der Waals surface area contributed by atoms with Gasteiger partial charge in [0.2, 0.25) is 0 Å². The predicted molar refractivity (Wildman–Crippen MR) is 135 cm³/mol. The van der Waals surface area contributed by atoms with Crippen LogP contribution in [0.4, 0.5) is 5.13 Å². The molecule has 4 rings (SSSR count). The first-order valence-electron chi connectivity index (χ1n) is 11.3. The minimum atomic E-state index is -0.780. The van der Waals surface area contributed by atoms with Crippen molar-refractivity contribution >= 4 is 33.9 Å². The number of carbonyl (C=O) groups excluding carboxylic acids is 2. The Balaban J connectivity index is 1.88. The van der Waals surface area contributed by atoms with Crippen molar-refractivity contribution < 1.29 is 19.4 Å². The highest BCUT2D eigenvalue weighted by Crippen LogP contribution is 2.44. The van der Waals surface area contributed by atoms with Crippen LogP contribution < -0.4 is 9.64 Å². The lowest BCUT2D eigenvalue weighted by Gasteiger charge is -2.23. The molecule has 0 spiro atoms. The maximum Gasteiger partial charge on any atom is 0.301 e. The molecule has 0 bridgehead atoms. The Labute approximate surface area is 203 Å². The van der Waals surface area contributed by atoms with Gasteiger partial charge in [-0.05, 0) is 62.1 Å². The standard InChI is InChI=1S/C27H28N2O4S/c1-6-33-21-13-11-20(12-14-21)24(30)22-23(19-9-7-18(8-10-19)15(2)3)29(26(32)25(22)31)27-28-16(4)17(5)34-27/h7-15,23,30H,6H2,1-5H3/b24-22+. The topological polar surface area (TPSA) is 79.7 Å². The number of anilines is 1. The highest BCUT2D eigenvalue weighted by atomic mass is 32.1. The van der Waals surface area contributed by atoms with Gasteiger partial charge in [-0.2, -0.15) is 0 Å². The van der Waals surface area contributed by atoms with E-state index in [-0.39, 0.29) is 11.3 Å². The van der Waals surface area contributed by atoms with E-state index in [4.69, 9.17) is 4.74 Å². The Morgan fingerprint density at radius 1 is 1.09 bits per heavy atom. The molecule has 1 aliphatic rings. The van der Waals surface area contributed by atoms with E-state index in [0.29, 0.717) is 29.0 Å². The van der Waals surface area contributed by atoms with Gasteiger partial charge in [-0.25, -0.2) is 4.98 Å². The monoisotopic (exact) mass is 476 g/mol. The maximum atomic E-state index is 13.3. The largest absolute Gasteiger partial charge is 0.507 e. The van der Waals surface area contributed by atoms with Gasteiger partial charge in [0.15, 0.2) is 5.13 Å². The number of benzene rings is 2. The normalized spacial score (nSPS) is 17.6. The van der Waals surface area contributed by atoms with Crippen LogP contribution in [-0.2, 0) is 9.59 Å². The number of aryl methyl sites for hydroxylation is 2. The summed E-state index contributed by atoms with van der Waals surface area (Å²) in [5.41, 5.74) is 3.19. The van der Waals surface area contributed by atoms with Gasteiger partial charge in [0.25, 0.3) is 5.78 Å². The van der Waals surface area contributed by atoms with Gasteiger partial charge >= 0.3 is 5.91 Å². The summed E-state index contributed by atoms with van der Waals surface area (Å²) >= 11 is 1.36. The molecule has 1 saturated heterocycles. The van der Waals surface area contributed by atoms with Crippen molar-refractivity contribution in [3.8, 4) is 5.75 Å². The fourth-order valence-electron chi connectivity index (χ4n) is 4.00. The van der Waals surface area contributed by atoms with Crippen LogP contribution in [0.25, 0.3) is 5.76 Å². The molecule has 2 heterocycles.